The van der Waals surface area contributed by atoms with Crippen molar-refractivity contribution in [2.24, 2.45) is 0 Å². The molecule has 4 nitrogen and oxygen atoms in total. The molecule has 3 N–H and O–H groups in total. The maximum Gasteiger partial charge on any atom is 0.319 e. The number of anilines is 1. The predicted molar refractivity (Wildman–Crippen MR) is 97.0 cm³/mol. The van der Waals surface area contributed by atoms with E-state index in [2.05, 4.69) is 34.7 Å². The molecular formula is C19H23N3O. The minimum atomic E-state index is -0.138. The normalized spacial score (nSPS) is 11.0. The van der Waals surface area contributed by atoms with Gasteiger partial charge in [-0.05, 0) is 30.7 Å². The van der Waals surface area contributed by atoms with Gasteiger partial charge in [-0.1, -0.05) is 44.4 Å². The fraction of sp³-hybridized carbons (Fsp3) is 0.316. The van der Waals surface area contributed by atoms with Gasteiger partial charge in [-0.3, -0.25) is 0 Å². The Bertz CT molecular complexity index is 807. The third-order valence-corrected chi connectivity index (χ3v) is 4.08. The maximum absolute atomic E-state index is 12.0. The molecule has 1 aromatic heterocycles. The molecule has 23 heavy (non-hydrogen) atoms. The molecule has 0 aliphatic carbocycles. The van der Waals surface area contributed by atoms with E-state index >= 15 is 0 Å². The Hall–Kier alpha value is -2.49. The van der Waals surface area contributed by atoms with Crippen LogP contribution in [0.3, 0.4) is 0 Å². The van der Waals surface area contributed by atoms with E-state index in [4.69, 9.17) is 0 Å². The standard InChI is InChI=1S/C19H23N3O/c1-2-3-4-7-12-20-19(23)21-14-10-11-18-16(13-14)15-8-5-6-9-17(15)22-18/h5-6,8-11,13,22H,2-4,7,12H2,1H3,(H2,20,21,23). The van der Waals surface area contributed by atoms with Gasteiger partial charge in [0.15, 0.2) is 0 Å². The molecule has 2 amide bonds. The molecule has 0 aliphatic rings. The number of nitrogens with one attached hydrogen (secondary N) is 3. The van der Waals surface area contributed by atoms with Gasteiger partial charge in [0.25, 0.3) is 0 Å². The largest absolute Gasteiger partial charge is 0.355 e. The van der Waals surface area contributed by atoms with Crippen molar-refractivity contribution in [2.75, 3.05) is 11.9 Å². The van der Waals surface area contributed by atoms with E-state index in [1.807, 2.05) is 30.3 Å². The van der Waals surface area contributed by atoms with Crippen LogP contribution in [0.25, 0.3) is 21.8 Å². The summed E-state index contributed by atoms with van der Waals surface area (Å²) < 4.78 is 0. The highest BCUT2D eigenvalue weighted by molar-refractivity contribution is 6.08. The van der Waals surface area contributed by atoms with Gasteiger partial charge >= 0.3 is 6.03 Å². The number of hydrogen-bond donors (Lipinski definition) is 3. The third kappa shape index (κ3) is 3.65. The van der Waals surface area contributed by atoms with Crippen molar-refractivity contribution < 1.29 is 4.79 Å². The number of aromatic nitrogens is 1. The number of hydrogen-bond acceptors (Lipinski definition) is 1. The number of H-pyrrole nitrogens is 1. The lowest BCUT2D eigenvalue weighted by molar-refractivity contribution is 0.252. The maximum atomic E-state index is 12.0. The zero-order chi connectivity index (χ0) is 16.1. The monoisotopic (exact) mass is 309 g/mol. The summed E-state index contributed by atoms with van der Waals surface area (Å²) in [6.07, 6.45) is 4.62. The Labute approximate surface area is 136 Å². The van der Waals surface area contributed by atoms with Crippen molar-refractivity contribution in [2.45, 2.75) is 32.6 Å². The SMILES string of the molecule is CCCCCCNC(=O)Nc1ccc2[nH]c3ccccc3c2c1. The average Bonchev–Trinajstić information content (AvgIpc) is 2.93. The van der Waals surface area contributed by atoms with Crippen LogP contribution in [0.5, 0.6) is 0 Å². The molecule has 0 fully saturated rings. The molecule has 3 rings (SSSR count). The molecule has 0 atom stereocenters. The van der Waals surface area contributed by atoms with Gasteiger partial charge in [-0.2, -0.15) is 0 Å². The molecular weight excluding hydrogens is 286 g/mol. The highest BCUT2D eigenvalue weighted by atomic mass is 16.2. The lowest BCUT2D eigenvalue weighted by Gasteiger charge is -2.07. The Morgan fingerprint density at radius 2 is 1.83 bits per heavy atom. The number of aromatic amines is 1. The first-order chi connectivity index (χ1) is 11.3. The number of urea groups is 1. The highest BCUT2D eigenvalue weighted by Crippen LogP contribution is 2.27. The molecule has 0 spiro atoms. The highest BCUT2D eigenvalue weighted by Gasteiger charge is 2.06. The smallest absolute Gasteiger partial charge is 0.319 e. The van der Waals surface area contributed by atoms with Crippen molar-refractivity contribution in [1.82, 2.24) is 10.3 Å². The van der Waals surface area contributed by atoms with Gasteiger partial charge in [0.05, 0.1) is 0 Å². The van der Waals surface area contributed by atoms with Gasteiger partial charge in [-0.25, -0.2) is 4.79 Å². The number of amides is 2. The fourth-order valence-corrected chi connectivity index (χ4v) is 2.85. The van der Waals surface area contributed by atoms with E-state index in [0.29, 0.717) is 0 Å². The number of para-hydroxylation sites is 1. The molecule has 1 heterocycles. The molecule has 120 valence electrons. The van der Waals surface area contributed by atoms with E-state index < -0.39 is 0 Å². The number of unbranched alkanes of at least 4 members (excludes halogenated alkanes) is 3. The van der Waals surface area contributed by atoms with Gasteiger partial charge in [0.1, 0.15) is 0 Å². The Morgan fingerprint density at radius 1 is 1.00 bits per heavy atom. The zero-order valence-electron chi connectivity index (χ0n) is 13.5. The predicted octanol–water partition coefficient (Wildman–Crippen LogP) is 5.02. The lowest BCUT2D eigenvalue weighted by atomic mass is 10.1. The summed E-state index contributed by atoms with van der Waals surface area (Å²) in [4.78, 5) is 15.3. The van der Waals surface area contributed by atoms with E-state index in [1.54, 1.807) is 0 Å². The Balaban J connectivity index is 1.66. The van der Waals surface area contributed by atoms with E-state index in [0.717, 1.165) is 41.5 Å². The summed E-state index contributed by atoms with van der Waals surface area (Å²) >= 11 is 0. The first-order valence-electron chi connectivity index (χ1n) is 8.33. The number of benzene rings is 2. The molecule has 4 heteroatoms. The zero-order valence-corrected chi connectivity index (χ0v) is 13.5. The summed E-state index contributed by atoms with van der Waals surface area (Å²) in [6, 6.07) is 14.0. The summed E-state index contributed by atoms with van der Waals surface area (Å²) in [5, 5.41) is 8.13. The first kappa shape index (κ1) is 15.4. The van der Waals surface area contributed by atoms with Crippen molar-refractivity contribution >= 4 is 33.5 Å². The summed E-state index contributed by atoms with van der Waals surface area (Å²) in [6.45, 7) is 2.90. The topological polar surface area (TPSA) is 56.9 Å². The quantitative estimate of drug-likeness (QED) is 0.550. The molecule has 0 saturated carbocycles. The molecule has 0 radical (unpaired) electrons. The van der Waals surface area contributed by atoms with E-state index in [1.165, 1.54) is 18.2 Å². The van der Waals surface area contributed by atoms with Crippen LogP contribution >= 0.6 is 0 Å². The minimum absolute atomic E-state index is 0.138. The van der Waals surface area contributed by atoms with Gasteiger partial charge in [-0.15, -0.1) is 0 Å². The van der Waals surface area contributed by atoms with Crippen LogP contribution in [-0.4, -0.2) is 17.6 Å². The molecule has 3 aromatic rings. The summed E-state index contributed by atoms with van der Waals surface area (Å²) in [5.74, 6) is 0. The molecule has 0 aliphatic heterocycles. The van der Waals surface area contributed by atoms with Crippen LogP contribution in [0.2, 0.25) is 0 Å². The van der Waals surface area contributed by atoms with Crippen LogP contribution < -0.4 is 10.6 Å². The Morgan fingerprint density at radius 3 is 2.70 bits per heavy atom. The lowest BCUT2D eigenvalue weighted by Crippen LogP contribution is -2.29. The van der Waals surface area contributed by atoms with Crippen LogP contribution in [0.15, 0.2) is 42.5 Å². The van der Waals surface area contributed by atoms with Crippen molar-refractivity contribution in [3.63, 3.8) is 0 Å². The number of fused-ring (bicyclic) bond motifs is 3. The van der Waals surface area contributed by atoms with Gasteiger partial charge in [0, 0.05) is 34.0 Å². The van der Waals surface area contributed by atoms with Gasteiger partial charge < -0.3 is 15.6 Å². The van der Waals surface area contributed by atoms with Crippen LogP contribution in [-0.2, 0) is 0 Å². The number of carbonyl (C=O) groups excluding carboxylic acids is 1. The second kappa shape index (κ2) is 7.18. The molecule has 0 bridgehead atoms. The molecule has 0 unspecified atom stereocenters. The van der Waals surface area contributed by atoms with E-state index in [9.17, 15) is 4.79 Å². The second-order valence-corrected chi connectivity index (χ2v) is 5.87. The van der Waals surface area contributed by atoms with Crippen molar-refractivity contribution in [3.05, 3.63) is 42.5 Å². The van der Waals surface area contributed by atoms with Gasteiger partial charge in [0.2, 0.25) is 0 Å². The molecule has 0 saturated heterocycles. The molecule has 2 aromatic carbocycles. The Kier molecular flexibility index (Phi) is 4.81. The average molecular weight is 309 g/mol. The fourth-order valence-electron chi connectivity index (χ4n) is 2.85. The number of carbonyl (C=O) groups is 1. The van der Waals surface area contributed by atoms with Crippen molar-refractivity contribution in [3.8, 4) is 0 Å². The van der Waals surface area contributed by atoms with E-state index in [-0.39, 0.29) is 6.03 Å². The van der Waals surface area contributed by atoms with Crippen molar-refractivity contribution in [1.29, 1.82) is 0 Å². The van der Waals surface area contributed by atoms with Crippen LogP contribution in [0.1, 0.15) is 32.6 Å². The summed E-state index contributed by atoms with van der Waals surface area (Å²) in [7, 11) is 0. The number of rotatable bonds is 6. The first-order valence-corrected chi connectivity index (χ1v) is 8.33. The minimum Gasteiger partial charge on any atom is -0.355 e. The second-order valence-electron chi connectivity index (χ2n) is 5.87. The third-order valence-electron chi connectivity index (χ3n) is 4.08. The van der Waals surface area contributed by atoms with Crippen LogP contribution in [0.4, 0.5) is 10.5 Å². The summed E-state index contributed by atoms with van der Waals surface area (Å²) in [5.41, 5.74) is 3.00. The van der Waals surface area contributed by atoms with Crippen LogP contribution in [0, 0.1) is 0 Å².